The molecule has 1 fully saturated rings. The van der Waals surface area contributed by atoms with Crippen molar-refractivity contribution in [2.45, 2.75) is 31.8 Å². The van der Waals surface area contributed by atoms with E-state index in [1.165, 1.54) is 11.3 Å². The number of aromatic nitrogens is 1. The third-order valence-electron chi connectivity index (χ3n) is 2.12. The summed E-state index contributed by atoms with van der Waals surface area (Å²) in [5.74, 6) is 0. The van der Waals surface area contributed by atoms with Gasteiger partial charge in [-0.1, -0.05) is 0 Å². The van der Waals surface area contributed by atoms with Gasteiger partial charge in [-0.2, -0.15) is 0 Å². The van der Waals surface area contributed by atoms with Crippen LogP contribution in [0.2, 0.25) is 0 Å². The van der Waals surface area contributed by atoms with Gasteiger partial charge in [0, 0.05) is 17.5 Å². The highest BCUT2D eigenvalue weighted by molar-refractivity contribution is 7.13. The number of amides is 2. The summed E-state index contributed by atoms with van der Waals surface area (Å²) in [4.78, 5) is 15.6. The highest BCUT2D eigenvalue weighted by atomic mass is 32.1. The van der Waals surface area contributed by atoms with Crippen molar-refractivity contribution in [3.8, 4) is 0 Å². The van der Waals surface area contributed by atoms with E-state index in [0.717, 1.165) is 18.5 Å². The summed E-state index contributed by atoms with van der Waals surface area (Å²) in [6, 6.07) is 0.0873. The van der Waals surface area contributed by atoms with Crippen LogP contribution in [0, 0.1) is 0 Å². The number of hydrogen-bond acceptors (Lipinski definition) is 4. The number of anilines is 1. The number of rotatable bonds is 3. The van der Waals surface area contributed by atoms with Gasteiger partial charge in [-0.05, 0) is 19.8 Å². The van der Waals surface area contributed by atoms with Crippen LogP contribution in [0.3, 0.4) is 0 Å². The number of carbonyl (C=O) groups is 1. The fourth-order valence-electron chi connectivity index (χ4n) is 1.10. The largest absolute Gasteiger partial charge is 0.335 e. The number of urea groups is 1. The molecule has 1 atom stereocenters. The van der Waals surface area contributed by atoms with Gasteiger partial charge < -0.3 is 11.1 Å². The van der Waals surface area contributed by atoms with E-state index in [0.29, 0.717) is 11.2 Å². The molecule has 0 spiro atoms. The number of nitrogens with one attached hydrogen (secondary N) is 2. The molecular weight excluding hydrogens is 212 g/mol. The number of thiazole rings is 1. The van der Waals surface area contributed by atoms with Crippen molar-refractivity contribution in [2.75, 3.05) is 5.32 Å². The van der Waals surface area contributed by atoms with Crippen molar-refractivity contribution in [3.05, 3.63) is 11.1 Å². The van der Waals surface area contributed by atoms with Gasteiger partial charge in [0.05, 0.1) is 5.69 Å². The van der Waals surface area contributed by atoms with E-state index >= 15 is 0 Å². The van der Waals surface area contributed by atoms with Crippen molar-refractivity contribution in [1.82, 2.24) is 10.3 Å². The van der Waals surface area contributed by atoms with Gasteiger partial charge in [0.15, 0.2) is 5.13 Å². The minimum Gasteiger partial charge on any atom is -0.335 e. The molecule has 1 unspecified atom stereocenters. The Bertz CT molecular complexity index is 359. The molecule has 0 bridgehead atoms. The van der Waals surface area contributed by atoms with Crippen LogP contribution >= 0.6 is 11.3 Å². The molecule has 4 N–H and O–H groups in total. The minimum absolute atomic E-state index is 0.0942. The summed E-state index contributed by atoms with van der Waals surface area (Å²) in [6.07, 6.45) is 2.16. The van der Waals surface area contributed by atoms with Crippen LogP contribution < -0.4 is 16.4 Å². The molecule has 5 nitrogen and oxygen atoms in total. The third kappa shape index (κ3) is 2.90. The quantitative estimate of drug-likeness (QED) is 0.729. The third-order valence-corrected chi connectivity index (χ3v) is 2.90. The van der Waals surface area contributed by atoms with Crippen LogP contribution in [-0.2, 0) is 0 Å². The summed E-state index contributed by atoms with van der Waals surface area (Å²) in [6.45, 7) is 1.86. The van der Waals surface area contributed by atoms with Crippen LogP contribution in [0.15, 0.2) is 5.38 Å². The Kier molecular flexibility index (Phi) is 2.88. The summed E-state index contributed by atoms with van der Waals surface area (Å²) in [5.41, 5.74) is 6.47. The minimum atomic E-state index is -0.178. The van der Waals surface area contributed by atoms with Crippen molar-refractivity contribution >= 4 is 22.5 Å². The molecule has 82 valence electrons. The van der Waals surface area contributed by atoms with Crippen LogP contribution in [-0.4, -0.2) is 17.1 Å². The molecule has 2 rings (SSSR count). The summed E-state index contributed by atoms with van der Waals surface area (Å²) in [7, 11) is 0. The van der Waals surface area contributed by atoms with Gasteiger partial charge in [-0.3, -0.25) is 5.32 Å². The van der Waals surface area contributed by atoms with Gasteiger partial charge in [-0.25, -0.2) is 9.78 Å². The zero-order valence-corrected chi connectivity index (χ0v) is 9.30. The molecule has 1 saturated carbocycles. The van der Waals surface area contributed by atoms with Gasteiger partial charge in [0.1, 0.15) is 0 Å². The lowest BCUT2D eigenvalue weighted by atomic mass is 10.3. The Hall–Kier alpha value is -1.14. The molecule has 1 aromatic rings. The highest BCUT2D eigenvalue weighted by Gasteiger charge is 2.23. The normalized spacial score (nSPS) is 17.2. The van der Waals surface area contributed by atoms with E-state index in [4.69, 9.17) is 5.73 Å². The molecule has 0 aliphatic heterocycles. The van der Waals surface area contributed by atoms with E-state index in [1.54, 1.807) is 0 Å². The van der Waals surface area contributed by atoms with E-state index in [-0.39, 0.29) is 12.1 Å². The smallest absolute Gasteiger partial charge is 0.321 e. The Morgan fingerprint density at radius 2 is 2.47 bits per heavy atom. The predicted octanol–water partition coefficient (Wildman–Crippen LogP) is 1.45. The molecule has 6 heteroatoms. The van der Waals surface area contributed by atoms with Gasteiger partial charge >= 0.3 is 6.03 Å². The number of nitrogens with zero attached hydrogens (tertiary/aromatic N) is 1. The molecular formula is C9H14N4OS. The molecule has 1 heterocycles. The SMILES string of the molecule is CC(N)c1csc(NC(=O)NC2CC2)n1. The predicted molar refractivity (Wildman–Crippen MR) is 59.9 cm³/mol. The van der Waals surface area contributed by atoms with Gasteiger partial charge in [0.25, 0.3) is 0 Å². The molecule has 1 aliphatic rings. The summed E-state index contributed by atoms with van der Waals surface area (Å²) >= 11 is 1.39. The van der Waals surface area contributed by atoms with E-state index in [1.807, 2.05) is 12.3 Å². The monoisotopic (exact) mass is 226 g/mol. The zero-order valence-electron chi connectivity index (χ0n) is 8.49. The molecule has 1 aromatic heterocycles. The second-order valence-electron chi connectivity index (χ2n) is 3.74. The van der Waals surface area contributed by atoms with Crippen LogP contribution in [0.5, 0.6) is 0 Å². The lowest BCUT2D eigenvalue weighted by molar-refractivity contribution is 0.251. The van der Waals surface area contributed by atoms with Crippen LogP contribution in [0.1, 0.15) is 31.5 Å². The summed E-state index contributed by atoms with van der Waals surface area (Å²) < 4.78 is 0. The molecule has 1 aliphatic carbocycles. The first kappa shape index (κ1) is 10.4. The van der Waals surface area contributed by atoms with E-state index in [9.17, 15) is 4.79 Å². The Labute approximate surface area is 92.1 Å². The van der Waals surface area contributed by atoms with Crippen LogP contribution in [0.4, 0.5) is 9.93 Å². The first-order valence-corrected chi connectivity index (χ1v) is 5.81. The maximum atomic E-state index is 11.4. The first-order chi connectivity index (χ1) is 7.15. The average Bonchev–Trinajstić information content (AvgIpc) is 2.82. The lowest BCUT2D eigenvalue weighted by Gasteiger charge is -2.02. The number of carbonyl (C=O) groups excluding carboxylic acids is 1. The van der Waals surface area contributed by atoms with E-state index in [2.05, 4.69) is 15.6 Å². The zero-order chi connectivity index (χ0) is 10.8. The van der Waals surface area contributed by atoms with Crippen molar-refractivity contribution in [2.24, 2.45) is 5.73 Å². The number of nitrogens with two attached hydrogens (primary N) is 1. The topological polar surface area (TPSA) is 80.0 Å². The maximum absolute atomic E-state index is 11.4. The lowest BCUT2D eigenvalue weighted by Crippen LogP contribution is -2.30. The number of hydrogen-bond donors (Lipinski definition) is 3. The molecule has 0 radical (unpaired) electrons. The van der Waals surface area contributed by atoms with Crippen LogP contribution in [0.25, 0.3) is 0 Å². The maximum Gasteiger partial charge on any atom is 0.321 e. The van der Waals surface area contributed by atoms with Gasteiger partial charge in [0.2, 0.25) is 0 Å². The Balaban J connectivity index is 1.88. The molecule has 15 heavy (non-hydrogen) atoms. The van der Waals surface area contributed by atoms with E-state index < -0.39 is 0 Å². The highest BCUT2D eigenvalue weighted by Crippen LogP contribution is 2.21. The van der Waals surface area contributed by atoms with Crippen molar-refractivity contribution in [3.63, 3.8) is 0 Å². The first-order valence-electron chi connectivity index (χ1n) is 4.93. The van der Waals surface area contributed by atoms with Crippen molar-refractivity contribution < 1.29 is 4.79 Å². The molecule has 2 amide bonds. The second-order valence-corrected chi connectivity index (χ2v) is 4.60. The Morgan fingerprint density at radius 3 is 3.00 bits per heavy atom. The average molecular weight is 226 g/mol. The Morgan fingerprint density at radius 1 is 1.73 bits per heavy atom. The van der Waals surface area contributed by atoms with Gasteiger partial charge in [-0.15, -0.1) is 11.3 Å². The fraction of sp³-hybridized carbons (Fsp3) is 0.556. The molecule has 0 aromatic carbocycles. The van der Waals surface area contributed by atoms with Crippen molar-refractivity contribution in [1.29, 1.82) is 0 Å². The standard InChI is InChI=1S/C9H14N4OS/c1-5(10)7-4-15-9(12-7)13-8(14)11-6-2-3-6/h4-6H,2-3,10H2,1H3,(H2,11,12,13,14). The fourth-order valence-corrected chi connectivity index (χ4v) is 1.91. The summed E-state index contributed by atoms with van der Waals surface area (Å²) in [5, 5.41) is 7.97. The molecule has 0 saturated heterocycles. The second kappa shape index (κ2) is 4.16.